The van der Waals surface area contributed by atoms with Gasteiger partial charge in [-0.3, -0.25) is 14.4 Å². The van der Waals surface area contributed by atoms with Crippen molar-refractivity contribution < 1.29 is 29.0 Å². The SMILES string of the molecule is CCCC(C)N1CC=C[C@]23O[C@]4(CC)/C=C\CCCOC(=O)[C@@H]4[C@H]2C(=O)N(CCCCO)C3C1=O. The number of hydrogen-bond donors (Lipinski definition) is 1. The van der Waals surface area contributed by atoms with Crippen LogP contribution in [0.4, 0.5) is 0 Å². The lowest BCUT2D eigenvalue weighted by molar-refractivity contribution is -0.161. The number of ether oxygens (including phenoxy) is 2. The minimum Gasteiger partial charge on any atom is -0.465 e. The van der Waals surface area contributed by atoms with E-state index in [4.69, 9.17) is 9.47 Å². The first-order valence-electron chi connectivity index (χ1n) is 13.3. The normalized spacial score (nSPS) is 36.5. The number of unbranched alkanes of at least 4 members (excludes halogenated alkanes) is 1. The number of cyclic esters (lactones) is 1. The summed E-state index contributed by atoms with van der Waals surface area (Å²) in [7, 11) is 0. The van der Waals surface area contributed by atoms with Gasteiger partial charge in [-0.25, -0.2) is 0 Å². The molecule has 0 aliphatic carbocycles. The molecule has 1 spiro atoms. The summed E-state index contributed by atoms with van der Waals surface area (Å²) in [5.74, 6) is -2.45. The summed E-state index contributed by atoms with van der Waals surface area (Å²) < 4.78 is 12.5. The van der Waals surface area contributed by atoms with E-state index in [9.17, 15) is 19.5 Å². The number of carbonyl (C=O) groups is 3. The highest BCUT2D eigenvalue weighted by Gasteiger charge is 2.75. The van der Waals surface area contributed by atoms with E-state index in [0.717, 1.165) is 25.7 Å². The number of aliphatic hydroxyl groups is 1. The van der Waals surface area contributed by atoms with Crippen molar-refractivity contribution in [1.82, 2.24) is 9.80 Å². The zero-order valence-electron chi connectivity index (χ0n) is 21.3. The van der Waals surface area contributed by atoms with Crippen molar-refractivity contribution in [3.05, 3.63) is 24.3 Å². The molecule has 4 aliphatic rings. The van der Waals surface area contributed by atoms with E-state index in [1.54, 1.807) is 4.90 Å². The van der Waals surface area contributed by atoms with Gasteiger partial charge in [-0.15, -0.1) is 0 Å². The quantitative estimate of drug-likeness (QED) is 0.321. The van der Waals surface area contributed by atoms with Gasteiger partial charge in [0.2, 0.25) is 11.8 Å². The standard InChI is InChI=1S/C27H40N2O6/c1-4-12-19(3)28-16-11-14-27-20(23(31)29(15-8-9-17-30)22(27)24(28)32)21-25(33)34-18-10-6-7-13-26(21,5-2)35-27/h7,11,13-14,19-22,30H,4-6,8-10,12,15-18H2,1-3H3/b13-7-/t19?,20-,21-,22?,26+,27-/m0/s1. The number of esters is 1. The van der Waals surface area contributed by atoms with Gasteiger partial charge in [0.1, 0.15) is 23.2 Å². The molecule has 8 nitrogen and oxygen atoms in total. The van der Waals surface area contributed by atoms with Crippen molar-refractivity contribution in [2.24, 2.45) is 11.8 Å². The Kier molecular flexibility index (Phi) is 7.71. The van der Waals surface area contributed by atoms with Crippen molar-refractivity contribution in [2.75, 3.05) is 26.3 Å². The molecule has 2 amide bonds. The predicted octanol–water partition coefficient (Wildman–Crippen LogP) is 2.60. The van der Waals surface area contributed by atoms with E-state index in [2.05, 4.69) is 6.92 Å². The lowest BCUT2D eigenvalue weighted by Crippen LogP contribution is -2.57. The summed E-state index contributed by atoms with van der Waals surface area (Å²) >= 11 is 0. The third-order valence-corrected chi connectivity index (χ3v) is 8.21. The Bertz CT molecular complexity index is 887. The maximum Gasteiger partial charge on any atom is 0.313 e. The molecule has 2 saturated heterocycles. The van der Waals surface area contributed by atoms with E-state index in [0.29, 0.717) is 39.0 Å². The lowest BCUT2D eigenvalue weighted by Gasteiger charge is -2.39. The molecule has 2 unspecified atom stereocenters. The van der Waals surface area contributed by atoms with E-state index < -0.39 is 35.0 Å². The molecule has 35 heavy (non-hydrogen) atoms. The summed E-state index contributed by atoms with van der Waals surface area (Å²) in [5.41, 5.74) is -2.25. The molecule has 2 fully saturated rings. The van der Waals surface area contributed by atoms with Crippen molar-refractivity contribution in [3.63, 3.8) is 0 Å². The zero-order chi connectivity index (χ0) is 25.2. The average molecular weight is 489 g/mol. The van der Waals surface area contributed by atoms with Crippen LogP contribution in [0.1, 0.15) is 65.7 Å². The second-order valence-corrected chi connectivity index (χ2v) is 10.3. The molecular weight excluding hydrogens is 448 g/mol. The predicted molar refractivity (Wildman–Crippen MR) is 130 cm³/mol. The number of aliphatic hydroxyl groups excluding tert-OH is 1. The number of likely N-dealkylation sites (tertiary alicyclic amines) is 1. The number of fused-ring (bicyclic) bond motifs is 2. The molecular formula is C27H40N2O6. The summed E-state index contributed by atoms with van der Waals surface area (Å²) in [6.45, 7) is 7.18. The molecule has 8 heteroatoms. The lowest BCUT2D eigenvalue weighted by atomic mass is 9.73. The Balaban J connectivity index is 1.84. The van der Waals surface area contributed by atoms with Crippen LogP contribution >= 0.6 is 0 Å². The van der Waals surface area contributed by atoms with Crippen LogP contribution in [0.3, 0.4) is 0 Å². The number of nitrogens with zero attached hydrogens (tertiary/aromatic N) is 2. The molecule has 4 heterocycles. The maximum absolute atomic E-state index is 14.2. The van der Waals surface area contributed by atoms with E-state index in [-0.39, 0.29) is 24.5 Å². The van der Waals surface area contributed by atoms with Gasteiger partial charge in [-0.05, 0) is 45.4 Å². The van der Waals surface area contributed by atoms with Crippen molar-refractivity contribution in [1.29, 1.82) is 0 Å². The first-order chi connectivity index (χ1) is 16.9. The average Bonchev–Trinajstić information content (AvgIpc) is 3.21. The van der Waals surface area contributed by atoms with Crippen LogP contribution in [0.25, 0.3) is 0 Å². The van der Waals surface area contributed by atoms with Gasteiger partial charge in [0.05, 0.1) is 12.5 Å². The number of allylic oxidation sites excluding steroid dienone is 1. The van der Waals surface area contributed by atoms with Crippen LogP contribution in [0, 0.1) is 11.8 Å². The number of carbonyl (C=O) groups excluding carboxylic acids is 3. The van der Waals surface area contributed by atoms with Gasteiger partial charge in [-0.2, -0.15) is 0 Å². The smallest absolute Gasteiger partial charge is 0.313 e. The molecule has 4 aliphatic heterocycles. The molecule has 6 atom stereocenters. The van der Waals surface area contributed by atoms with Crippen molar-refractivity contribution in [3.8, 4) is 0 Å². The third-order valence-electron chi connectivity index (χ3n) is 8.21. The van der Waals surface area contributed by atoms with Gasteiger partial charge in [-0.1, -0.05) is 44.6 Å². The highest BCUT2D eigenvalue weighted by Crippen LogP contribution is 2.58. The minimum absolute atomic E-state index is 0.0178. The first-order valence-corrected chi connectivity index (χ1v) is 13.3. The molecule has 0 saturated carbocycles. The fourth-order valence-corrected chi connectivity index (χ4v) is 6.50. The van der Waals surface area contributed by atoms with Crippen molar-refractivity contribution >= 4 is 17.8 Å². The summed E-state index contributed by atoms with van der Waals surface area (Å²) in [6, 6.07) is -0.832. The molecule has 0 aromatic heterocycles. The van der Waals surface area contributed by atoms with Crippen molar-refractivity contribution in [2.45, 2.75) is 89.0 Å². The Hall–Kier alpha value is -2.19. The number of rotatable bonds is 8. The van der Waals surface area contributed by atoms with Crippen LogP contribution in [0.2, 0.25) is 0 Å². The Morgan fingerprint density at radius 3 is 2.63 bits per heavy atom. The molecule has 194 valence electrons. The third kappa shape index (κ3) is 4.22. The van der Waals surface area contributed by atoms with Crippen LogP contribution in [-0.2, 0) is 23.9 Å². The van der Waals surface area contributed by atoms with Gasteiger partial charge < -0.3 is 24.4 Å². The highest BCUT2D eigenvalue weighted by molar-refractivity contribution is 5.99. The second-order valence-electron chi connectivity index (χ2n) is 10.3. The summed E-state index contributed by atoms with van der Waals surface area (Å²) in [4.78, 5) is 45.2. The van der Waals surface area contributed by atoms with E-state index in [1.807, 2.05) is 43.1 Å². The topological polar surface area (TPSA) is 96.4 Å². The fraction of sp³-hybridized carbons (Fsp3) is 0.741. The largest absolute Gasteiger partial charge is 0.465 e. The van der Waals surface area contributed by atoms with Gasteiger partial charge in [0, 0.05) is 25.7 Å². The summed E-state index contributed by atoms with van der Waals surface area (Å²) in [5, 5.41) is 9.33. The Morgan fingerprint density at radius 1 is 1.11 bits per heavy atom. The Labute approximate surface area is 208 Å². The van der Waals surface area contributed by atoms with E-state index >= 15 is 0 Å². The monoisotopic (exact) mass is 488 g/mol. The first kappa shape index (κ1) is 25.9. The molecule has 0 bridgehead atoms. The minimum atomic E-state index is -1.24. The number of amides is 2. The van der Waals surface area contributed by atoms with E-state index in [1.165, 1.54) is 0 Å². The zero-order valence-corrected chi connectivity index (χ0v) is 21.3. The fourth-order valence-electron chi connectivity index (χ4n) is 6.50. The number of hydrogen-bond acceptors (Lipinski definition) is 6. The molecule has 0 radical (unpaired) electrons. The van der Waals surface area contributed by atoms with Crippen LogP contribution in [0.5, 0.6) is 0 Å². The van der Waals surface area contributed by atoms with Gasteiger partial charge >= 0.3 is 5.97 Å². The highest BCUT2D eigenvalue weighted by atomic mass is 16.6. The summed E-state index contributed by atoms with van der Waals surface area (Å²) in [6.07, 6.45) is 12.7. The van der Waals surface area contributed by atoms with Gasteiger partial charge in [0.15, 0.2) is 0 Å². The van der Waals surface area contributed by atoms with Gasteiger partial charge in [0.25, 0.3) is 0 Å². The van der Waals surface area contributed by atoms with Crippen LogP contribution < -0.4 is 0 Å². The maximum atomic E-state index is 14.2. The molecule has 4 rings (SSSR count). The van der Waals surface area contributed by atoms with Crippen LogP contribution in [-0.4, -0.2) is 82.3 Å². The second kappa shape index (κ2) is 10.4. The molecule has 0 aromatic rings. The molecule has 1 N–H and O–H groups in total. The van der Waals surface area contributed by atoms with Crippen LogP contribution in [0.15, 0.2) is 24.3 Å². The Morgan fingerprint density at radius 2 is 1.91 bits per heavy atom. The molecule has 0 aromatic carbocycles.